The molecule has 0 aromatic rings. The van der Waals surface area contributed by atoms with Gasteiger partial charge >= 0.3 is 12.0 Å². The summed E-state index contributed by atoms with van der Waals surface area (Å²) in [6, 6.07) is -0.892. The summed E-state index contributed by atoms with van der Waals surface area (Å²) in [4.78, 5) is 26.6. The molecule has 102 valence electrons. The van der Waals surface area contributed by atoms with E-state index in [4.69, 9.17) is 9.84 Å². The van der Waals surface area contributed by atoms with Gasteiger partial charge in [0.1, 0.15) is 6.04 Å². The van der Waals surface area contributed by atoms with Crippen molar-refractivity contribution in [2.75, 3.05) is 24.8 Å². The van der Waals surface area contributed by atoms with Crippen LogP contribution in [0.4, 0.5) is 4.79 Å². The molecule has 0 saturated carbocycles. The fourth-order valence-electron chi connectivity index (χ4n) is 2.17. The maximum Gasteiger partial charge on any atom is 0.327 e. The monoisotopic (exact) mass is 274 g/mol. The van der Waals surface area contributed by atoms with Gasteiger partial charge in [-0.1, -0.05) is 0 Å². The molecule has 0 aliphatic carbocycles. The Labute approximate surface area is 110 Å². The van der Waals surface area contributed by atoms with Crippen molar-refractivity contribution in [3.8, 4) is 0 Å². The highest BCUT2D eigenvalue weighted by Crippen LogP contribution is 2.24. The largest absolute Gasteiger partial charge is 0.480 e. The molecule has 2 unspecified atom stereocenters. The average Bonchev–Trinajstić information content (AvgIpc) is 2.80. The Morgan fingerprint density at radius 2 is 2.06 bits per heavy atom. The standard InChI is InChI=1S/C11H18N2O4S/c1-7-4-17-8(2)3-12(7)11(16)13-6-18-5-9(13)10(14)15/h7-9H,3-6H2,1-2H3,(H,14,15)/t7?,8?,9-/m0/s1. The van der Waals surface area contributed by atoms with Gasteiger partial charge in [0.15, 0.2) is 0 Å². The van der Waals surface area contributed by atoms with Gasteiger partial charge in [-0.15, -0.1) is 11.8 Å². The van der Waals surface area contributed by atoms with Crippen LogP contribution in [0.5, 0.6) is 0 Å². The first-order valence-corrected chi connectivity index (χ1v) is 7.15. The van der Waals surface area contributed by atoms with Crippen LogP contribution in [0.2, 0.25) is 0 Å². The van der Waals surface area contributed by atoms with Crippen LogP contribution in [-0.4, -0.2) is 69.9 Å². The number of carboxylic acid groups (broad SMARTS) is 1. The first kappa shape index (κ1) is 13.5. The van der Waals surface area contributed by atoms with Gasteiger partial charge in [0.2, 0.25) is 0 Å². The van der Waals surface area contributed by atoms with Crippen LogP contribution in [0.1, 0.15) is 13.8 Å². The normalized spacial score (nSPS) is 32.7. The maximum atomic E-state index is 12.4. The number of carbonyl (C=O) groups is 2. The first-order valence-electron chi connectivity index (χ1n) is 6.00. The highest BCUT2D eigenvalue weighted by atomic mass is 32.2. The molecule has 2 aliphatic heterocycles. The molecule has 0 bridgehead atoms. The molecule has 2 fully saturated rings. The Morgan fingerprint density at radius 1 is 1.33 bits per heavy atom. The zero-order valence-corrected chi connectivity index (χ0v) is 11.4. The topological polar surface area (TPSA) is 70.1 Å². The lowest BCUT2D eigenvalue weighted by atomic mass is 10.2. The van der Waals surface area contributed by atoms with Crippen LogP contribution in [0.3, 0.4) is 0 Å². The Kier molecular flexibility index (Phi) is 4.01. The second-order valence-electron chi connectivity index (χ2n) is 4.75. The highest BCUT2D eigenvalue weighted by Gasteiger charge is 2.39. The molecule has 2 heterocycles. The lowest BCUT2D eigenvalue weighted by Gasteiger charge is -2.39. The highest BCUT2D eigenvalue weighted by molar-refractivity contribution is 7.99. The molecule has 0 spiro atoms. The zero-order valence-electron chi connectivity index (χ0n) is 10.5. The van der Waals surface area contributed by atoms with Crippen LogP contribution >= 0.6 is 11.8 Å². The third-order valence-electron chi connectivity index (χ3n) is 3.27. The van der Waals surface area contributed by atoms with E-state index in [-0.39, 0.29) is 18.2 Å². The first-order chi connectivity index (χ1) is 8.50. The van der Waals surface area contributed by atoms with Crippen molar-refractivity contribution in [2.45, 2.75) is 32.0 Å². The van der Waals surface area contributed by atoms with E-state index in [1.807, 2.05) is 13.8 Å². The van der Waals surface area contributed by atoms with Crippen molar-refractivity contribution < 1.29 is 19.4 Å². The van der Waals surface area contributed by atoms with Crippen molar-refractivity contribution in [2.24, 2.45) is 0 Å². The average molecular weight is 274 g/mol. The number of aliphatic carboxylic acids is 1. The number of urea groups is 1. The van der Waals surface area contributed by atoms with Gasteiger partial charge in [0, 0.05) is 12.3 Å². The number of hydrogen-bond acceptors (Lipinski definition) is 4. The molecule has 6 nitrogen and oxygen atoms in total. The molecule has 2 amide bonds. The van der Waals surface area contributed by atoms with E-state index in [1.54, 1.807) is 4.90 Å². The summed E-state index contributed by atoms with van der Waals surface area (Å²) in [5.41, 5.74) is 0. The Hall–Kier alpha value is -0.950. The van der Waals surface area contributed by atoms with Crippen LogP contribution in [-0.2, 0) is 9.53 Å². The number of carbonyl (C=O) groups excluding carboxylic acids is 1. The Balaban J connectivity index is 2.07. The molecule has 1 N–H and O–H groups in total. The molecule has 2 rings (SSSR count). The van der Waals surface area contributed by atoms with Gasteiger partial charge in [-0.25, -0.2) is 9.59 Å². The third-order valence-corrected chi connectivity index (χ3v) is 4.28. The van der Waals surface area contributed by atoms with Crippen LogP contribution < -0.4 is 0 Å². The van der Waals surface area contributed by atoms with E-state index in [0.29, 0.717) is 24.8 Å². The molecule has 3 atom stereocenters. The summed E-state index contributed by atoms with van der Waals surface area (Å²) in [7, 11) is 0. The summed E-state index contributed by atoms with van der Waals surface area (Å²) >= 11 is 1.48. The minimum Gasteiger partial charge on any atom is -0.480 e. The second kappa shape index (κ2) is 5.36. The summed E-state index contributed by atoms with van der Waals surface area (Å²) in [6.07, 6.45) is 0.00341. The van der Waals surface area contributed by atoms with Crippen molar-refractivity contribution in [3.63, 3.8) is 0 Å². The van der Waals surface area contributed by atoms with Crippen molar-refractivity contribution >= 4 is 23.8 Å². The SMILES string of the molecule is CC1CN(C(=O)N2CSC[C@H]2C(=O)O)C(C)CO1. The van der Waals surface area contributed by atoms with E-state index in [9.17, 15) is 9.59 Å². The number of thioether (sulfide) groups is 1. The molecular weight excluding hydrogens is 256 g/mol. The number of morpholine rings is 1. The summed E-state index contributed by atoms with van der Waals surface area (Å²) < 4.78 is 5.47. The predicted molar refractivity (Wildman–Crippen MR) is 67.6 cm³/mol. The lowest BCUT2D eigenvalue weighted by molar-refractivity contribution is -0.141. The number of nitrogens with zero attached hydrogens (tertiary/aromatic N) is 2. The fraction of sp³-hybridized carbons (Fsp3) is 0.818. The summed E-state index contributed by atoms with van der Waals surface area (Å²) in [6.45, 7) is 4.86. The third kappa shape index (κ3) is 2.56. The molecular formula is C11H18N2O4S. The van der Waals surface area contributed by atoms with Gasteiger partial charge in [-0.05, 0) is 13.8 Å². The number of ether oxygens (including phenoxy) is 1. The van der Waals surface area contributed by atoms with E-state index in [1.165, 1.54) is 16.7 Å². The maximum absolute atomic E-state index is 12.4. The minimum absolute atomic E-state index is 0.00341. The Morgan fingerprint density at radius 3 is 2.72 bits per heavy atom. The van der Waals surface area contributed by atoms with Crippen molar-refractivity contribution in [1.29, 1.82) is 0 Å². The molecule has 0 aromatic heterocycles. The predicted octanol–water partition coefficient (Wildman–Crippen LogP) is 0.675. The lowest BCUT2D eigenvalue weighted by Crippen LogP contribution is -2.56. The quantitative estimate of drug-likeness (QED) is 0.761. The Bertz CT molecular complexity index is 352. The molecule has 7 heteroatoms. The van der Waals surface area contributed by atoms with Crippen molar-refractivity contribution in [1.82, 2.24) is 9.80 Å². The van der Waals surface area contributed by atoms with Crippen LogP contribution in [0.15, 0.2) is 0 Å². The van der Waals surface area contributed by atoms with Gasteiger partial charge in [-0.3, -0.25) is 0 Å². The van der Waals surface area contributed by atoms with Crippen molar-refractivity contribution in [3.05, 3.63) is 0 Å². The smallest absolute Gasteiger partial charge is 0.327 e. The zero-order chi connectivity index (χ0) is 13.3. The van der Waals surface area contributed by atoms with Gasteiger partial charge < -0.3 is 19.6 Å². The van der Waals surface area contributed by atoms with E-state index >= 15 is 0 Å². The van der Waals surface area contributed by atoms with Gasteiger partial charge in [0.05, 0.1) is 24.6 Å². The molecule has 0 aromatic carbocycles. The number of hydrogen-bond donors (Lipinski definition) is 1. The van der Waals surface area contributed by atoms with Crippen LogP contribution in [0, 0.1) is 0 Å². The summed E-state index contributed by atoms with van der Waals surface area (Å²) in [5.74, 6) is -0.00817. The van der Waals surface area contributed by atoms with E-state index < -0.39 is 12.0 Å². The number of carboxylic acids is 1. The van der Waals surface area contributed by atoms with Crippen LogP contribution in [0.25, 0.3) is 0 Å². The van der Waals surface area contributed by atoms with Gasteiger partial charge in [-0.2, -0.15) is 0 Å². The summed E-state index contributed by atoms with van der Waals surface area (Å²) in [5, 5.41) is 9.10. The fourth-order valence-corrected chi connectivity index (χ4v) is 3.31. The minimum atomic E-state index is -0.928. The van der Waals surface area contributed by atoms with Gasteiger partial charge in [0.25, 0.3) is 0 Å². The molecule has 2 saturated heterocycles. The van der Waals surface area contributed by atoms with E-state index in [2.05, 4.69) is 0 Å². The number of rotatable bonds is 1. The molecule has 2 aliphatic rings. The van der Waals surface area contributed by atoms with E-state index in [0.717, 1.165) is 0 Å². The second-order valence-corrected chi connectivity index (χ2v) is 5.75. The molecule has 0 radical (unpaired) electrons. The number of amides is 2. The molecule has 18 heavy (non-hydrogen) atoms.